The number of aliphatic carboxylic acids is 1. The second kappa shape index (κ2) is 16.0. The highest BCUT2D eigenvalue weighted by molar-refractivity contribution is 5.72. The maximum absolute atomic E-state index is 13.0. The van der Waals surface area contributed by atoms with Gasteiger partial charge in [-0.2, -0.15) is 0 Å². The van der Waals surface area contributed by atoms with Crippen LogP contribution in [0.25, 0.3) is 0 Å². The Balaban J connectivity index is 1.50. The highest BCUT2D eigenvalue weighted by atomic mass is 16.6. The molecular weight excluding hydrogens is 482 g/mol. The molecule has 0 aromatic heterocycles. The van der Waals surface area contributed by atoms with E-state index in [0.29, 0.717) is 44.2 Å². The molecule has 1 amide bonds. The third kappa shape index (κ3) is 10.4. The van der Waals surface area contributed by atoms with Gasteiger partial charge in [-0.3, -0.25) is 0 Å². The van der Waals surface area contributed by atoms with Crippen LogP contribution in [-0.4, -0.2) is 54.5 Å². The molecule has 2 aromatic rings. The SMILES string of the molecule is CCOC(Cc1ccc(OCCN(CCCCC2CCCCC2)C(=O)Oc2ccc(C)cc2)cc1)C(=O)O. The lowest BCUT2D eigenvalue weighted by Gasteiger charge is -2.24. The zero-order valence-electron chi connectivity index (χ0n) is 22.9. The number of aryl methyl sites for hydroxylation is 1. The number of benzene rings is 2. The molecule has 1 atom stereocenters. The van der Waals surface area contributed by atoms with Crippen LogP contribution in [-0.2, 0) is 16.0 Å². The van der Waals surface area contributed by atoms with Gasteiger partial charge >= 0.3 is 12.1 Å². The molecule has 38 heavy (non-hydrogen) atoms. The minimum atomic E-state index is -0.969. The van der Waals surface area contributed by atoms with Crippen molar-refractivity contribution in [2.75, 3.05) is 26.3 Å². The Morgan fingerprint density at radius 3 is 2.29 bits per heavy atom. The zero-order valence-corrected chi connectivity index (χ0v) is 22.9. The van der Waals surface area contributed by atoms with E-state index in [4.69, 9.17) is 14.2 Å². The highest BCUT2D eigenvalue weighted by Crippen LogP contribution is 2.27. The summed E-state index contributed by atoms with van der Waals surface area (Å²) in [4.78, 5) is 26.0. The van der Waals surface area contributed by atoms with Gasteiger partial charge in [0.25, 0.3) is 0 Å². The first kappa shape index (κ1) is 29.5. The summed E-state index contributed by atoms with van der Waals surface area (Å²) in [5, 5.41) is 9.29. The molecule has 7 nitrogen and oxygen atoms in total. The van der Waals surface area contributed by atoms with Crippen molar-refractivity contribution in [3.63, 3.8) is 0 Å². The van der Waals surface area contributed by atoms with Crippen LogP contribution < -0.4 is 9.47 Å². The van der Waals surface area contributed by atoms with Gasteiger partial charge in [-0.1, -0.05) is 74.8 Å². The Labute approximate surface area is 227 Å². The molecule has 1 unspecified atom stereocenters. The van der Waals surface area contributed by atoms with E-state index in [1.54, 1.807) is 11.8 Å². The number of amides is 1. The number of hydrogen-bond donors (Lipinski definition) is 1. The van der Waals surface area contributed by atoms with Crippen LogP contribution in [0.3, 0.4) is 0 Å². The second-order valence-electron chi connectivity index (χ2n) is 10.1. The topological polar surface area (TPSA) is 85.3 Å². The van der Waals surface area contributed by atoms with Crippen molar-refractivity contribution in [1.82, 2.24) is 4.90 Å². The number of carboxylic acids is 1. The Kier molecular flexibility index (Phi) is 12.4. The lowest BCUT2D eigenvalue weighted by Crippen LogP contribution is -2.37. The maximum atomic E-state index is 13.0. The molecule has 0 bridgehead atoms. The first-order chi connectivity index (χ1) is 18.4. The predicted octanol–water partition coefficient (Wildman–Crippen LogP) is 6.66. The molecule has 0 saturated heterocycles. The third-order valence-corrected chi connectivity index (χ3v) is 7.12. The zero-order chi connectivity index (χ0) is 27.2. The average Bonchev–Trinajstić information content (AvgIpc) is 2.92. The number of nitrogens with zero attached hydrogens (tertiary/aromatic N) is 1. The summed E-state index contributed by atoms with van der Waals surface area (Å²) >= 11 is 0. The summed E-state index contributed by atoms with van der Waals surface area (Å²) < 4.78 is 16.9. The predicted molar refractivity (Wildman–Crippen MR) is 148 cm³/mol. The van der Waals surface area contributed by atoms with Crippen molar-refractivity contribution in [2.45, 2.75) is 77.7 Å². The van der Waals surface area contributed by atoms with Gasteiger partial charge in [0.15, 0.2) is 6.10 Å². The van der Waals surface area contributed by atoms with E-state index in [0.717, 1.165) is 29.9 Å². The van der Waals surface area contributed by atoms with E-state index in [9.17, 15) is 14.7 Å². The Morgan fingerprint density at radius 1 is 0.947 bits per heavy atom. The number of unbranched alkanes of at least 4 members (excludes halogenated alkanes) is 1. The molecule has 2 aromatic carbocycles. The smallest absolute Gasteiger partial charge is 0.415 e. The number of carbonyl (C=O) groups excluding carboxylic acids is 1. The van der Waals surface area contributed by atoms with Crippen molar-refractivity contribution in [2.24, 2.45) is 5.92 Å². The van der Waals surface area contributed by atoms with Crippen LogP contribution in [0.15, 0.2) is 48.5 Å². The quantitative estimate of drug-likeness (QED) is 0.262. The Hall–Kier alpha value is -3.06. The van der Waals surface area contributed by atoms with E-state index in [1.165, 1.54) is 38.5 Å². The molecule has 1 fully saturated rings. The molecule has 1 saturated carbocycles. The lowest BCUT2D eigenvalue weighted by molar-refractivity contribution is -0.149. The molecule has 208 valence electrons. The van der Waals surface area contributed by atoms with Crippen LogP contribution in [0.4, 0.5) is 4.79 Å². The monoisotopic (exact) mass is 525 g/mol. The van der Waals surface area contributed by atoms with Gasteiger partial charge in [0.05, 0.1) is 6.54 Å². The van der Waals surface area contributed by atoms with Crippen molar-refractivity contribution >= 4 is 12.1 Å². The number of rotatable bonds is 15. The van der Waals surface area contributed by atoms with Crippen LogP contribution >= 0.6 is 0 Å². The van der Waals surface area contributed by atoms with Gasteiger partial charge in [-0.25, -0.2) is 9.59 Å². The summed E-state index contributed by atoms with van der Waals surface area (Å²) in [5.74, 6) is 1.07. The van der Waals surface area contributed by atoms with Crippen LogP contribution in [0, 0.1) is 12.8 Å². The van der Waals surface area contributed by atoms with Gasteiger partial charge in [0.1, 0.15) is 18.1 Å². The number of carbonyl (C=O) groups is 2. The molecule has 1 aliphatic rings. The van der Waals surface area contributed by atoms with E-state index in [1.807, 2.05) is 55.5 Å². The van der Waals surface area contributed by atoms with Crippen LogP contribution in [0.5, 0.6) is 11.5 Å². The van der Waals surface area contributed by atoms with E-state index >= 15 is 0 Å². The molecule has 0 radical (unpaired) electrons. The van der Waals surface area contributed by atoms with Crippen molar-refractivity contribution in [3.05, 3.63) is 59.7 Å². The average molecular weight is 526 g/mol. The van der Waals surface area contributed by atoms with Crippen molar-refractivity contribution in [3.8, 4) is 11.5 Å². The number of carboxylic acid groups (broad SMARTS) is 1. The standard InChI is InChI=1S/C31H43NO6/c1-3-36-29(30(33)34)23-26-14-18-27(19-15-26)37-22-21-32(20-8-7-11-25-9-5-4-6-10-25)31(35)38-28-16-12-24(2)13-17-28/h12-19,25,29H,3-11,20-23H2,1-2H3,(H,33,34). The summed E-state index contributed by atoms with van der Waals surface area (Å²) in [5.41, 5.74) is 1.97. The van der Waals surface area contributed by atoms with Crippen LogP contribution in [0.1, 0.15) is 69.4 Å². The molecule has 3 rings (SSSR count). The Bertz CT molecular complexity index is 969. The number of hydrogen-bond acceptors (Lipinski definition) is 5. The summed E-state index contributed by atoms with van der Waals surface area (Å²) in [6.45, 7) is 5.51. The first-order valence-electron chi connectivity index (χ1n) is 14.0. The number of ether oxygens (including phenoxy) is 3. The van der Waals surface area contributed by atoms with Gasteiger partial charge in [-0.05, 0) is 56.0 Å². The van der Waals surface area contributed by atoms with Crippen LogP contribution in [0.2, 0.25) is 0 Å². The maximum Gasteiger partial charge on any atom is 0.415 e. The fourth-order valence-electron chi connectivity index (χ4n) is 4.91. The lowest BCUT2D eigenvalue weighted by atomic mass is 9.86. The molecule has 7 heteroatoms. The molecule has 1 aliphatic carbocycles. The van der Waals surface area contributed by atoms with Gasteiger partial charge in [-0.15, -0.1) is 0 Å². The normalized spacial score (nSPS) is 14.6. The summed E-state index contributed by atoms with van der Waals surface area (Å²) in [7, 11) is 0. The molecule has 0 heterocycles. The summed E-state index contributed by atoms with van der Waals surface area (Å²) in [6.07, 6.45) is 9.11. The molecular formula is C31H43NO6. The van der Waals surface area contributed by atoms with E-state index in [-0.39, 0.29) is 6.09 Å². The highest BCUT2D eigenvalue weighted by Gasteiger charge is 2.19. The first-order valence-corrected chi connectivity index (χ1v) is 14.0. The van der Waals surface area contributed by atoms with E-state index < -0.39 is 12.1 Å². The minimum absolute atomic E-state index is 0.295. The largest absolute Gasteiger partial charge is 0.492 e. The summed E-state index contributed by atoms with van der Waals surface area (Å²) in [6, 6.07) is 14.8. The van der Waals surface area contributed by atoms with Crippen molar-refractivity contribution in [1.29, 1.82) is 0 Å². The fourth-order valence-corrected chi connectivity index (χ4v) is 4.91. The third-order valence-electron chi connectivity index (χ3n) is 7.12. The molecule has 1 N–H and O–H groups in total. The minimum Gasteiger partial charge on any atom is -0.492 e. The van der Waals surface area contributed by atoms with Crippen molar-refractivity contribution < 1.29 is 28.9 Å². The molecule has 0 spiro atoms. The Morgan fingerprint density at radius 2 is 1.63 bits per heavy atom. The van der Waals surface area contributed by atoms with Gasteiger partial charge in [0, 0.05) is 19.6 Å². The van der Waals surface area contributed by atoms with E-state index in [2.05, 4.69) is 0 Å². The van der Waals surface area contributed by atoms with Gasteiger partial charge in [0.2, 0.25) is 0 Å². The van der Waals surface area contributed by atoms with Gasteiger partial charge < -0.3 is 24.2 Å². The molecule has 0 aliphatic heterocycles. The fraction of sp³-hybridized carbons (Fsp3) is 0.548. The second-order valence-corrected chi connectivity index (χ2v) is 10.1.